The first-order valence-electron chi connectivity index (χ1n) is 6.14. The molecule has 1 saturated heterocycles. The maximum Gasteiger partial charge on any atom is 0.311 e. The van der Waals surface area contributed by atoms with Crippen LogP contribution in [0.25, 0.3) is 0 Å². The molecule has 0 amide bonds. The molecule has 0 aromatic carbocycles. The minimum Gasteiger partial charge on any atom is -0.481 e. The van der Waals surface area contributed by atoms with Crippen molar-refractivity contribution in [3.05, 3.63) is 17.1 Å². The van der Waals surface area contributed by atoms with Gasteiger partial charge >= 0.3 is 5.97 Å². The molecule has 1 aromatic heterocycles. The molecule has 1 aromatic rings. The Bertz CT molecular complexity index is 501. The number of carbonyl (C=O) groups is 1. The second-order valence-corrected chi connectivity index (χ2v) is 5.34. The monoisotopic (exact) mass is 249 g/mol. The Morgan fingerprint density at radius 3 is 2.56 bits per heavy atom. The minimum absolute atomic E-state index is 0.513. The van der Waals surface area contributed by atoms with Gasteiger partial charge in [-0.25, -0.2) is 9.97 Å². The van der Waals surface area contributed by atoms with Crippen molar-refractivity contribution in [1.82, 2.24) is 9.97 Å². The van der Waals surface area contributed by atoms with E-state index in [1.54, 1.807) is 6.92 Å². The van der Waals surface area contributed by atoms with E-state index in [9.17, 15) is 9.90 Å². The fraction of sp³-hybridized carbons (Fsp3) is 0.615. The highest BCUT2D eigenvalue weighted by atomic mass is 16.4. The lowest BCUT2D eigenvalue weighted by Gasteiger charge is -2.23. The van der Waals surface area contributed by atoms with Crippen LogP contribution < -0.4 is 4.90 Å². The molecule has 1 fully saturated rings. The Kier molecular flexibility index (Phi) is 3.00. The summed E-state index contributed by atoms with van der Waals surface area (Å²) in [6.45, 7) is 8.85. The van der Waals surface area contributed by atoms with E-state index in [1.165, 1.54) is 0 Å². The van der Waals surface area contributed by atoms with Gasteiger partial charge in [-0.1, -0.05) is 0 Å². The van der Waals surface area contributed by atoms with Crippen molar-refractivity contribution in [2.24, 2.45) is 5.41 Å². The molecule has 0 saturated carbocycles. The summed E-state index contributed by atoms with van der Waals surface area (Å²) in [5.41, 5.74) is 1.33. The third-order valence-corrected chi connectivity index (χ3v) is 3.76. The molecular formula is C13H19N3O2. The molecule has 1 aliphatic rings. The van der Waals surface area contributed by atoms with Crippen LogP contribution in [0.3, 0.4) is 0 Å². The number of aromatic nitrogens is 2. The van der Waals surface area contributed by atoms with Gasteiger partial charge in [0.1, 0.15) is 11.6 Å². The van der Waals surface area contributed by atoms with E-state index in [0.29, 0.717) is 13.0 Å². The van der Waals surface area contributed by atoms with Gasteiger partial charge in [0.25, 0.3) is 0 Å². The predicted octanol–water partition coefficient (Wildman–Crippen LogP) is 1.70. The summed E-state index contributed by atoms with van der Waals surface area (Å²) < 4.78 is 0. The summed E-state index contributed by atoms with van der Waals surface area (Å²) >= 11 is 0. The van der Waals surface area contributed by atoms with E-state index in [0.717, 1.165) is 29.4 Å². The Balaban J connectivity index is 2.33. The summed E-state index contributed by atoms with van der Waals surface area (Å²) in [7, 11) is 0. The van der Waals surface area contributed by atoms with Crippen molar-refractivity contribution in [2.45, 2.75) is 34.1 Å². The van der Waals surface area contributed by atoms with E-state index in [1.807, 2.05) is 20.8 Å². The lowest BCUT2D eigenvalue weighted by atomic mass is 9.90. The van der Waals surface area contributed by atoms with Gasteiger partial charge in [-0.05, 0) is 34.1 Å². The molecule has 0 spiro atoms. The van der Waals surface area contributed by atoms with Crippen molar-refractivity contribution in [3.63, 3.8) is 0 Å². The zero-order valence-corrected chi connectivity index (χ0v) is 11.3. The van der Waals surface area contributed by atoms with Crippen LogP contribution in [0.2, 0.25) is 0 Å². The van der Waals surface area contributed by atoms with Crippen molar-refractivity contribution in [2.75, 3.05) is 18.0 Å². The van der Waals surface area contributed by atoms with Crippen LogP contribution in [0.5, 0.6) is 0 Å². The lowest BCUT2D eigenvalue weighted by molar-refractivity contribution is -0.146. The second-order valence-electron chi connectivity index (χ2n) is 5.34. The zero-order chi connectivity index (χ0) is 13.5. The Morgan fingerprint density at radius 1 is 1.33 bits per heavy atom. The SMILES string of the molecule is Cc1nc(C)c(C)c(N2CCC(C)(C(=O)O)C2)n1. The maximum absolute atomic E-state index is 11.3. The maximum atomic E-state index is 11.3. The van der Waals surface area contributed by atoms with Crippen LogP contribution in [0.1, 0.15) is 30.4 Å². The van der Waals surface area contributed by atoms with Gasteiger partial charge in [-0.2, -0.15) is 0 Å². The van der Waals surface area contributed by atoms with Crippen LogP contribution in [0.4, 0.5) is 5.82 Å². The molecule has 1 N–H and O–H groups in total. The molecule has 0 radical (unpaired) electrons. The molecule has 5 heteroatoms. The van der Waals surface area contributed by atoms with Crippen molar-refractivity contribution in [3.8, 4) is 0 Å². The largest absolute Gasteiger partial charge is 0.481 e. The molecule has 98 valence electrons. The summed E-state index contributed by atoms with van der Waals surface area (Å²) in [6.07, 6.45) is 0.657. The van der Waals surface area contributed by atoms with Crippen molar-refractivity contribution in [1.29, 1.82) is 0 Å². The summed E-state index contributed by atoms with van der Waals surface area (Å²) in [6, 6.07) is 0. The number of hydrogen-bond acceptors (Lipinski definition) is 4. The van der Waals surface area contributed by atoms with E-state index in [4.69, 9.17) is 0 Å². The van der Waals surface area contributed by atoms with Gasteiger partial charge in [0, 0.05) is 24.3 Å². The molecule has 5 nitrogen and oxygen atoms in total. The van der Waals surface area contributed by atoms with Gasteiger partial charge < -0.3 is 10.0 Å². The second kappa shape index (κ2) is 4.23. The molecule has 1 unspecified atom stereocenters. The summed E-state index contributed by atoms with van der Waals surface area (Å²) in [5, 5.41) is 9.26. The third kappa shape index (κ3) is 2.05. The van der Waals surface area contributed by atoms with Crippen LogP contribution in [-0.4, -0.2) is 34.1 Å². The number of aryl methyl sites for hydroxylation is 2. The van der Waals surface area contributed by atoms with Crippen LogP contribution >= 0.6 is 0 Å². The minimum atomic E-state index is -0.731. The van der Waals surface area contributed by atoms with Crippen LogP contribution in [-0.2, 0) is 4.79 Å². The molecule has 18 heavy (non-hydrogen) atoms. The molecule has 0 bridgehead atoms. The van der Waals surface area contributed by atoms with E-state index in [-0.39, 0.29) is 0 Å². The fourth-order valence-electron chi connectivity index (χ4n) is 2.37. The Hall–Kier alpha value is -1.65. The molecule has 1 aliphatic heterocycles. The van der Waals surface area contributed by atoms with Gasteiger partial charge in [-0.3, -0.25) is 4.79 Å². The smallest absolute Gasteiger partial charge is 0.311 e. The zero-order valence-electron chi connectivity index (χ0n) is 11.3. The summed E-state index contributed by atoms with van der Waals surface area (Å²) in [5.74, 6) is 0.882. The standard InChI is InChI=1S/C13H19N3O2/c1-8-9(2)14-10(3)15-11(8)16-6-5-13(4,7-16)12(17)18/h5-7H2,1-4H3,(H,17,18). The molecule has 1 atom stereocenters. The molecule has 2 heterocycles. The Labute approximate surface area is 107 Å². The quantitative estimate of drug-likeness (QED) is 0.864. The van der Waals surface area contributed by atoms with Gasteiger partial charge in [0.05, 0.1) is 5.41 Å². The van der Waals surface area contributed by atoms with Crippen molar-refractivity contribution >= 4 is 11.8 Å². The number of nitrogens with zero attached hydrogens (tertiary/aromatic N) is 3. The summed E-state index contributed by atoms with van der Waals surface area (Å²) in [4.78, 5) is 22.1. The Morgan fingerprint density at radius 2 is 2.00 bits per heavy atom. The fourth-order valence-corrected chi connectivity index (χ4v) is 2.37. The topological polar surface area (TPSA) is 66.3 Å². The predicted molar refractivity (Wildman–Crippen MR) is 68.8 cm³/mol. The molecule has 0 aliphatic carbocycles. The van der Waals surface area contributed by atoms with E-state index < -0.39 is 11.4 Å². The first kappa shape index (κ1) is 12.8. The number of anilines is 1. The first-order chi connectivity index (χ1) is 8.33. The number of carboxylic acids is 1. The number of carboxylic acid groups (broad SMARTS) is 1. The van der Waals surface area contributed by atoms with Gasteiger partial charge in [-0.15, -0.1) is 0 Å². The van der Waals surface area contributed by atoms with E-state index >= 15 is 0 Å². The number of rotatable bonds is 2. The molecule has 2 rings (SSSR count). The van der Waals surface area contributed by atoms with Gasteiger partial charge in [0.2, 0.25) is 0 Å². The first-order valence-corrected chi connectivity index (χ1v) is 6.14. The van der Waals surface area contributed by atoms with Gasteiger partial charge in [0.15, 0.2) is 0 Å². The van der Waals surface area contributed by atoms with E-state index in [2.05, 4.69) is 14.9 Å². The lowest BCUT2D eigenvalue weighted by Crippen LogP contribution is -2.32. The average Bonchev–Trinajstić information content (AvgIpc) is 2.67. The highest BCUT2D eigenvalue weighted by Gasteiger charge is 2.41. The van der Waals surface area contributed by atoms with Crippen LogP contribution in [0, 0.1) is 26.2 Å². The van der Waals surface area contributed by atoms with Crippen molar-refractivity contribution < 1.29 is 9.90 Å². The normalized spacial score (nSPS) is 23.4. The number of aliphatic carboxylic acids is 1. The van der Waals surface area contributed by atoms with Crippen LogP contribution in [0.15, 0.2) is 0 Å². The third-order valence-electron chi connectivity index (χ3n) is 3.76. The molecular weight excluding hydrogens is 230 g/mol. The number of hydrogen-bond donors (Lipinski definition) is 1. The average molecular weight is 249 g/mol. The highest BCUT2D eigenvalue weighted by Crippen LogP contribution is 2.34. The highest BCUT2D eigenvalue weighted by molar-refractivity contribution is 5.76.